The quantitative estimate of drug-likeness (QED) is 0.751. The molecule has 24 heavy (non-hydrogen) atoms. The van der Waals surface area contributed by atoms with Crippen LogP contribution in [0.4, 0.5) is 10.1 Å². The maximum Gasteiger partial charge on any atom is 0.313 e. The number of carbonyl (C=O) groups excluding carboxylic acids is 2. The average Bonchev–Trinajstić information content (AvgIpc) is 2.93. The van der Waals surface area contributed by atoms with Crippen molar-refractivity contribution in [1.29, 1.82) is 0 Å². The summed E-state index contributed by atoms with van der Waals surface area (Å²) in [6.07, 6.45) is 1.19. The van der Waals surface area contributed by atoms with Gasteiger partial charge in [0.1, 0.15) is 11.4 Å². The fourth-order valence-electron chi connectivity index (χ4n) is 2.90. The first kappa shape index (κ1) is 16.1. The third-order valence-electron chi connectivity index (χ3n) is 4.20. The fraction of sp³-hybridized carbons (Fsp3) is 0.222. The molecule has 6 heteroatoms. The molecule has 2 aromatic carbocycles. The minimum atomic E-state index is -1.19. The van der Waals surface area contributed by atoms with Gasteiger partial charge in [-0.2, -0.15) is 0 Å². The van der Waals surface area contributed by atoms with E-state index in [0.717, 1.165) is 11.1 Å². The van der Waals surface area contributed by atoms with Crippen LogP contribution in [0.2, 0.25) is 0 Å². The lowest BCUT2D eigenvalue weighted by molar-refractivity contribution is -0.136. The van der Waals surface area contributed by atoms with E-state index in [4.69, 9.17) is 0 Å². The number of amides is 2. The van der Waals surface area contributed by atoms with Gasteiger partial charge in [0, 0.05) is 0 Å². The van der Waals surface area contributed by atoms with Crippen LogP contribution in [-0.4, -0.2) is 23.5 Å². The maximum absolute atomic E-state index is 13.5. The number of halogens is 1. The number of benzene rings is 2. The van der Waals surface area contributed by atoms with E-state index in [1.54, 1.807) is 6.07 Å². The summed E-state index contributed by atoms with van der Waals surface area (Å²) in [5.74, 6) is -2.52. The molecule has 124 valence electrons. The molecule has 5 nitrogen and oxygen atoms in total. The van der Waals surface area contributed by atoms with Gasteiger partial charge in [0.05, 0.1) is 12.2 Å². The van der Waals surface area contributed by atoms with Crippen LogP contribution < -0.4 is 10.6 Å². The van der Waals surface area contributed by atoms with Crippen LogP contribution in [0.3, 0.4) is 0 Å². The van der Waals surface area contributed by atoms with Gasteiger partial charge in [-0.3, -0.25) is 9.59 Å². The topological polar surface area (TPSA) is 78.4 Å². The van der Waals surface area contributed by atoms with Crippen molar-refractivity contribution in [2.45, 2.75) is 18.4 Å². The summed E-state index contributed by atoms with van der Waals surface area (Å²) in [5.41, 5.74) is 0.539. The summed E-state index contributed by atoms with van der Waals surface area (Å²) >= 11 is 0. The molecular weight excluding hydrogens is 311 g/mol. The molecule has 2 aromatic rings. The highest BCUT2D eigenvalue weighted by Crippen LogP contribution is 2.36. The third kappa shape index (κ3) is 3.14. The molecule has 0 saturated carbocycles. The SMILES string of the molecule is O=C(NCC1(O)CCc2ccccc21)C(=O)Nc1ccccc1F. The second-order valence-electron chi connectivity index (χ2n) is 5.81. The summed E-state index contributed by atoms with van der Waals surface area (Å²) in [5, 5.41) is 15.3. The minimum Gasteiger partial charge on any atom is -0.383 e. The zero-order chi connectivity index (χ0) is 17.2. The zero-order valence-corrected chi connectivity index (χ0v) is 12.9. The van der Waals surface area contributed by atoms with Crippen LogP contribution in [0.25, 0.3) is 0 Å². The first-order valence-corrected chi connectivity index (χ1v) is 7.64. The highest BCUT2D eigenvalue weighted by atomic mass is 19.1. The second-order valence-corrected chi connectivity index (χ2v) is 5.81. The minimum absolute atomic E-state index is 0.0671. The molecule has 1 aliphatic carbocycles. The number of fused-ring (bicyclic) bond motifs is 1. The van der Waals surface area contributed by atoms with Crippen molar-refractivity contribution in [2.75, 3.05) is 11.9 Å². The number of nitrogens with one attached hydrogen (secondary N) is 2. The first-order valence-electron chi connectivity index (χ1n) is 7.64. The van der Waals surface area contributed by atoms with E-state index < -0.39 is 23.2 Å². The second kappa shape index (κ2) is 6.41. The van der Waals surface area contributed by atoms with E-state index in [-0.39, 0.29) is 12.2 Å². The fourth-order valence-corrected chi connectivity index (χ4v) is 2.90. The van der Waals surface area contributed by atoms with Crippen molar-refractivity contribution in [3.63, 3.8) is 0 Å². The summed E-state index contributed by atoms with van der Waals surface area (Å²) in [6.45, 7) is -0.0759. The van der Waals surface area contributed by atoms with E-state index in [0.29, 0.717) is 12.8 Å². The molecule has 0 heterocycles. The average molecular weight is 328 g/mol. The molecule has 0 saturated heterocycles. The van der Waals surface area contributed by atoms with Crippen molar-refractivity contribution in [3.05, 3.63) is 65.5 Å². The molecule has 2 amide bonds. The van der Waals surface area contributed by atoms with Gasteiger partial charge >= 0.3 is 11.8 Å². The number of aliphatic hydroxyl groups is 1. The number of anilines is 1. The molecule has 3 N–H and O–H groups in total. The Kier molecular flexibility index (Phi) is 4.31. The predicted octanol–water partition coefficient (Wildman–Crippen LogP) is 1.71. The third-order valence-corrected chi connectivity index (χ3v) is 4.20. The first-order chi connectivity index (χ1) is 11.5. The Balaban J connectivity index is 1.62. The Bertz CT molecular complexity index is 793. The maximum atomic E-state index is 13.5. The van der Waals surface area contributed by atoms with Crippen LogP contribution >= 0.6 is 0 Å². The molecule has 0 spiro atoms. The highest BCUT2D eigenvalue weighted by Gasteiger charge is 2.37. The van der Waals surface area contributed by atoms with Gasteiger partial charge < -0.3 is 15.7 Å². The van der Waals surface area contributed by atoms with E-state index in [9.17, 15) is 19.1 Å². The number of rotatable bonds is 3. The van der Waals surface area contributed by atoms with Gasteiger partial charge in [0.2, 0.25) is 0 Å². The summed E-state index contributed by atoms with van der Waals surface area (Å²) in [4.78, 5) is 23.8. The van der Waals surface area contributed by atoms with Crippen LogP contribution in [0.1, 0.15) is 17.5 Å². The van der Waals surface area contributed by atoms with E-state index in [1.807, 2.05) is 24.3 Å². The molecule has 0 aliphatic heterocycles. The molecule has 1 unspecified atom stereocenters. The van der Waals surface area contributed by atoms with Crippen molar-refractivity contribution < 1.29 is 19.1 Å². The van der Waals surface area contributed by atoms with Crippen LogP contribution in [0, 0.1) is 5.82 Å². The Labute approximate surface area is 138 Å². The Morgan fingerprint density at radius 3 is 2.58 bits per heavy atom. The van der Waals surface area contributed by atoms with Crippen molar-refractivity contribution in [2.24, 2.45) is 0 Å². The number of hydrogen-bond acceptors (Lipinski definition) is 3. The largest absolute Gasteiger partial charge is 0.383 e. The number of para-hydroxylation sites is 1. The molecular formula is C18H17FN2O3. The number of carbonyl (C=O) groups is 2. The molecule has 1 aliphatic rings. The molecule has 0 radical (unpaired) electrons. The lowest BCUT2D eigenvalue weighted by atomic mass is 9.96. The summed E-state index contributed by atoms with van der Waals surface area (Å²) in [6, 6.07) is 13.0. The van der Waals surface area contributed by atoms with Crippen molar-refractivity contribution in [3.8, 4) is 0 Å². The van der Waals surface area contributed by atoms with Crippen LogP contribution in [0.5, 0.6) is 0 Å². The molecule has 3 rings (SSSR count). The van der Waals surface area contributed by atoms with Gasteiger partial charge in [0.25, 0.3) is 0 Å². The Hall–Kier alpha value is -2.73. The van der Waals surface area contributed by atoms with Gasteiger partial charge in [-0.1, -0.05) is 36.4 Å². The predicted molar refractivity (Wildman–Crippen MR) is 86.7 cm³/mol. The molecule has 0 bridgehead atoms. The smallest absolute Gasteiger partial charge is 0.313 e. The number of hydrogen-bond donors (Lipinski definition) is 3. The van der Waals surface area contributed by atoms with Gasteiger partial charge in [-0.15, -0.1) is 0 Å². The van der Waals surface area contributed by atoms with Crippen LogP contribution in [-0.2, 0) is 21.6 Å². The van der Waals surface area contributed by atoms with E-state index in [1.165, 1.54) is 18.2 Å². The Morgan fingerprint density at radius 2 is 1.79 bits per heavy atom. The van der Waals surface area contributed by atoms with Crippen molar-refractivity contribution in [1.82, 2.24) is 5.32 Å². The van der Waals surface area contributed by atoms with E-state index >= 15 is 0 Å². The lowest BCUT2D eigenvalue weighted by Crippen LogP contribution is -2.43. The summed E-state index contributed by atoms with van der Waals surface area (Å²) in [7, 11) is 0. The molecule has 0 fully saturated rings. The van der Waals surface area contributed by atoms with Gasteiger partial charge in [-0.05, 0) is 36.1 Å². The molecule has 0 aromatic heterocycles. The zero-order valence-electron chi connectivity index (χ0n) is 12.9. The van der Waals surface area contributed by atoms with Gasteiger partial charge in [0.15, 0.2) is 0 Å². The van der Waals surface area contributed by atoms with Crippen molar-refractivity contribution >= 4 is 17.5 Å². The van der Waals surface area contributed by atoms with Crippen LogP contribution in [0.15, 0.2) is 48.5 Å². The normalized spacial score (nSPS) is 18.8. The standard InChI is InChI=1S/C18H17FN2O3/c19-14-7-3-4-8-15(14)21-17(23)16(22)20-11-18(24)10-9-12-5-1-2-6-13(12)18/h1-8,24H,9-11H2,(H,20,22)(H,21,23). The Morgan fingerprint density at radius 1 is 1.08 bits per heavy atom. The summed E-state index contributed by atoms with van der Waals surface area (Å²) < 4.78 is 13.5. The number of aryl methyl sites for hydroxylation is 1. The lowest BCUT2D eigenvalue weighted by Gasteiger charge is -2.24. The van der Waals surface area contributed by atoms with E-state index in [2.05, 4.69) is 10.6 Å². The highest BCUT2D eigenvalue weighted by molar-refractivity contribution is 6.39. The monoisotopic (exact) mass is 328 g/mol. The van der Waals surface area contributed by atoms with Gasteiger partial charge in [-0.25, -0.2) is 4.39 Å². The molecule has 1 atom stereocenters.